The van der Waals surface area contributed by atoms with Crippen molar-refractivity contribution in [2.75, 3.05) is 12.3 Å². The van der Waals surface area contributed by atoms with Gasteiger partial charge >= 0.3 is 0 Å². The number of rotatable bonds is 1. The number of fused-ring (bicyclic) bond motifs is 1. The lowest BCUT2D eigenvalue weighted by Gasteiger charge is -2.12. The van der Waals surface area contributed by atoms with Crippen LogP contribution in [0.25, 0.3) is 0 Å². The van der Waals surface area contributed by atoms with E-state index < -0.39 is 0 Å². The lowest BCUT2D eigenvalue weighted by atomic mass is 10.1. The highest BCUT2D eigenvalue weighted by molar-refractivity contribution is 5.45. The van der Waals surface area contributed by atoms with Crippen LogP contribution >= 0.6 is 0 Å². The van der Waals surface area contributed by atoms with E-state index in [0.717, 1.165) is 25.3 Å². The van der Waals surface area contributed by atoms with Crippen molar-refractivity contribution in [2.45, 2.75) is 44.7 Å². The third kappa shape index (κ3) is 1.44. The molecule has 3 N–H and O–H groups in total. The zero-order valence-corrected chi connectivity index (χ0v) is 9.00. The summed E-state index contributed by atoms with van der Waals surface area (Å²) in [7, 11) is 0. The monoisotopic (exact) mass is 206 g/mol. The standard InChI is InChI=1S/C11H18N4/c12-11-9-7-13-6-5-10(9)14-15(11)8-3-1-2-4-8/h8,13H,1-7,12H2. The van der Waals surface area contributed by atoms with Gasteiger partial charge in [-0.25, -0.2) is 4.68 Å². The SMILES string of the molecule is Nc1c2c(nn1C1CCCC1)CCNC2. The molecule has 1 aromatic heterocycles. The van der Waals surface area contributed by atoms with Gasteiger partial charge in [0.1, 0.15) is 5.82 Å². The van der Waals surface area contributed by atoms with E-state index in [0.29, 0.717) is 6.04 Å². The number of anilines is 1. The Morgan fingerprint density at radius 2 is 2.13 bits per heavy atom. The molecule has 0 spiro atoms. The smallest absolute Gasteiger partial charge is 0.126 e. The van der Waals surface area contributed by atoms with Gasteiger partial charge in [-0.3, -0.25) is 0 Å². The molecule has 0 unspecified atom stereocenters. The highest BCUT2D eigenvalue weighted by atomic mass is 15.3. The van der Waals surface area contributed by atoms with Crippen LogP contribution in [0.3, 0.4) is 0 Å². The van der Waals surface area contributed by atoms with E-state index in [1.165, 1.54) is 36.9 Å². The van der Waals surface area contributed by atoms with Gasteiger partial charge in [0.05, 0.1) is 11.7 Å². The lowest BCUT2D eigenvalue weighted by Crippen LogP contribution is -2.23. The number of hydrogen-bond donors (Lipinski definition) is 2. The van der Waals surface area contributed by atoms with Crippen LogP contribution in [0.1, 0.15) is 43.0 Å². The Balaban J connectivity index is 1.97. The number of nitrogens with one attached hydrogen (secondary N) is 1. The topological polar surface area (TPSA) is 55.9 Å². The fourth-order valence-corrected chi connectivity index (χ4v) is 2.77. The molecule has 1 fully saturated rings. The van der Waals surface area contributed by atoms with Gasteiger partial charge in [0.2, 0.25) is 0 Å². The molecule has 1 aliphatic carbocycles. The molecule has 1 aliphatic heterocycles. The molecule has 0 radical (unpaired) electrons. The van der Waals surface area contributed by atoms with Gasteiger partial charge in [-0.2, -0.15) is 5.10 Å². The fourth-order valence-electron chi connectivity index (χ4n) is 2.77. The van der Waals surface area contributed by atoms with Crippen LogP contribution in [0.2, 0.25) is 0 Å². The highest BCUT2D eigenvalue weighted by Crippen LogP contribution is 2.33. The lowest BCUT2D eigenvalue weighted by molar-refractivity contribution is 0.469. The molecule has 0 amide bonds. The van der Waals surface area contributed by atoms with Crippen LogP contribution < -0.4 is 11.1 Å². The van der Waals surface area contributed by atoms with Gasteiger partial charge < -0.3 is 11.1 Å². The van der Waals surface area contributed by atoms with Crippen LogP contribution in [0.5, 0.6) is 0 Å². The van der Waals surface area contributed by atoms with E-state index in [-0.39, 0.29) is 0 Å². The molecule has 82 valence electrons. The minimum atomic E-state index is 0.565. The third-order valence-electron chi connectivity index (χ3n) is 3.64. The maximum Gasteiger partial charge on any atom is 0.126 e. The van der Waals surface area contributed by atoms with Crippen LogP contribution in [0, 0.1) is 0 Å². The molecule has 0 aromatic carbocycles. The molecule has 1 saturated carbocycles. The quantitative estimate of drug-likeness (QED) is 0.726. The van der Waals surface area contributed by atoms with Crippen LogP contribution in [0.4, 0.5) is 5.82 Å². The first kappa shape index (κ1) is 9.21. The minimum Gasteiger partial charge on any atom is -0.384 e. The molecule has 1 aromatic rings. The summed E-state index contributed by atoms with van der Waals surface area (Å²) in [6.07, 6.45) is 6.18. The fraction of sp³-hybridized carbons (Fsp3) is 0.727. The highest BCUT2D eigenvalue weighted by Gasteiger charge is 2.24. The molecular weight excluding hydrogens is 188 g/mol. The molecule has 0 atom stereocenters. The van der Waals surface area contributed by atoms with E-state index in [1.807, 2.05) is 0 Å². The van der Waals surface area contributed by atoms with Crippen molar-refractivity contribution in [3.8, 4) is 0 Å². The van der Waals surface area contributed by atoms with E-state index in [9.17, 15) is 0 Å². The molecule has 4 nitrogen and oxygen atoms in total. The molecule has 3 rings (SSSR count). The summed E-state index contributed by atoms with van der Waals surface area (Å²) in [5.41, 5.74) is 8.63. The summed E-state index contributed by atoms with van der Waals surface area (Å²) in [4.78, 5) is 0. The molecule has 2 heterocycles. The summed E-state index contributed by atoms with van der Waals surface area (Å²) in [5, 5.41) is 8.04. The second-order valence-electron chi connectivity index (χ2n) is 4.62. The molecule has 0 saturated heterocycles. The van der Waals surface area contributed by atoms with Crippen LogP contribution in [0.15, 0.2) is 0 Å². The third-order valence-corrected chi connectivity index (χ3v) is 3.64. The minimum absolute atomic E-state index is 0.565. The summed E-state index contributed by atoms with van der Waals surface area (Å²) in [5.74, 6) is 0.907. The van der Waals surface area contributed by atoms with Crippen molar-refractivity contribution >= 4 is 5.82 Å². The van der Waals surface area contributed by atoms with Crippen LogP contribution in [-0.4, -0.2) is 16.3 Å². The summed E-state index contributed by atoms with van der Waals surface area (Å²) >= 11 is 0. The summed E-state index contributed by atoms with van der Waals surface area (Å²) < 4.78 is 2.09. The first-order chi connectivity index (χ1) is 7.36. The maximum absolute atomic E-state index is 6.16. The zero-order chi connectivity index (χ0) is 10.3. The Kier molecular flexibility index (Phi) is 2.16. The number of nitrogens with zero attached hydrogens (tertiary/aromatic N) is 2. The van der Waals surface area contributed by atoms with E-state index >= 15 is 0 Å². The first-order valence-corrected chi connectivity index (χ1v) is 5.92. The predicted octanol–water partition coefficient (Wildman–Crippen LogP) is 1.23. The van der Waals surface area contributed by atoms with Gasteiger partial charge in [0.25, 0.3) is 0 Å². The van der Waals surface area contributed by atoms with Gasteiger partial charge in [0, 0.05) is 25.1 Å². The Morgan fingerprint density at radius 1 is 1.33 bits per heavy atom. The van der Waals surface area contributed by atoms with Crippen molar-refractivity contribution in [1.29, 1.82) is 0 Å². The Hall–Kier alpha value is -1.03. The van der Waals surface area contributed by atoms with Gasteiger partial charge in [-0.05, 0) is 12.8 Å². The van der Waals surface area contributed by atoms with Crippen molar-refractivity contribution in [1.82, 2.24) is 15.1 Å². The molecule has 15 heavy (non-hydrogen) atoms. The van der Waals surface area contributed by atoms with Crippen LogP contribution in [-0.2, 0) is 13.0 Å². The molecule has 2 aliphatic rings. The number of nitrogen functional groups attached to an aromatic ring is 1. The molecule has 4 heteroatoms. The van der Waals surface area contributed by atoms with Crippen molar-refractivity contribution in [2.24, 2.45) is 0 Å². The van der Waals surface area contributed by atoms with Crippen molar-refractivity contribution in [3.05, 3.63) is 11.3 Å². The van der Waals surface area contributed by atoms with Crippen molar-refractivity contribution < 1.29 is 0 Å². The average molecular weight is 206 g/mol. The van der Waals surface area contributed by atoms with Gasteiger partial charge in [-0.1, -0.05) is 12.8 Å². The normalized spacial score (nSPS) is 21.9. The van der Waals surface area contributed by atoms with E-state index in [1.54, 1.807) is 0 Å². The second-order valence-corrected chi connectivity index (χ2v) is 4.62. The molecular formula is C11H18N4. The van der Waals surface area contributed by atoms with Gasteiger partial charge in [-0.15, -0.1) is 0 Å². The maximum atomic E-state index is 6.16. The molecule has 0 bridgehead atoms. The summed E-state index contributed by atoms with van der Waals surface area (Å²) in [6, 6.07) is 0.565. The number of nitrogens with two attached hydrogens (primary N) is 1. The predicted molar refractivity (Wildman–Crippen MR) is 59.6 cm³/mol. The first-order valence-electron chi connectivity index (χ1n) is 5.92. The van der Waals surface area contributed by atoms with E-state index in [2.05, 4.69) is 15.1 Å². The number of hydrogen-bond acceptors (Lipinski definition) is 3. The van der Waals surface area contributed by atoms with Crippen molar-refractivity contribution in [3.63, 3.8) is 0 Å². The van der Waals surface area contributed by atoms with Gasteiger partial charge in [0.15, 0.2) is 0 Å². The largest absolute Gasteiger partial charge is 0.384 e. The summed E-state index contributed by atoms with van der Waals surface area (Å²) in [6.45, 7) is 1.93. The average Bonchev–Trinajstić information content (AvgIpc) is 2.87. The Labute approximate surface area is 89.8 Å². The zero-order valence-electron chi connectivity index (χ0n) is 9.00. The Morgan fingerprint density at radius 3 is 2.87 bits per heavy atom. The van der Waals surface area contributed by atoms with E-state index in [4.69, 9.17) is 5.73 Å². The Bertz CT molecular complexity index is 363. The number of aromatic nitrogens is 2. The second kappa shape index (κ2) is 3.52.